The first-order valence-electron chi connectivity index (χ1n) is 9.36. The maximum atomic E-state index is 12.4. The van der Waals surface area contributed by atoms with E-state index in [1.807, 2.05) is 6.07 Å². The van der Waals surface area contributed by atoms with Crippen LogP contribution < -0.4 is 24.3 Å². The molecule has 2 aromatic carbocycles. The molecule has 3 aromatic rings. The fourth-order valence-corrected chi connectivity index (χ4v) is 3.61. The summed E-state index contributed by atoms with van der Waals surface area (Å²) in [5.41, 5.74) is 1.62. The van der Waals surface area contributed by atoms with Crippen molar-refractivity contribution >= 4 is 28.3 Å². The molecule has 3 rings (SSSR count). The van der Waals surface area contributed by atoms with Gasteiger partial charge in [-0.3, -0.25) is 10.1 Å². The number of nitrogens with one attached hydrogen (secondary N) is 1. The van der Waals surface area contributed by atoms with Gasteiger partial charge in [0.2, 0.25) is 0 Å². The van der Waals surface area contributed by atoms with Gasteiger partial charge in [0.1, 0.15) is 5.56 Å². The van der Waals surface area contributed by atoms with Crippen LogP contribution in [0.3, 0.4) is 0 Å². The molecule has 1 aromatic heterocycles. The minimum Gasteiger partial charge on any atom is -0.493 e. The monoisotopic (exact) mass is 458 g/mol. The summed E-state index contributed by atoms with van der Waals surface area (Å²) < 4.78 is 26.0. The largest absolute Gasteiger partial charge is 0.493 e. The number of aromatic nitrogens is 1. The summed E-state index contributed by atoms with van der Waals surface area (Å²) in [6.45, 7) is -0.482. The van der Waals surface area contributed by atoms with Crippen LogP contribution in [0.4, 0.5) is 5.13 Å². The zero-order valence-electron chi connectivity index (χ0n) is 18.0. The van der Waals surface area contributed by atoms with Gasteiger partial charge in [-0.15, -0.1) is 11.3 Å². The van der Waals surface area contributed by atoms with Crippen LogP contribution >= 0.6 is 11.3 Å². The van der Waals surface area contributed by atoms with Gasteiger partial charge in [-0.25, -0.2) is 9.78 Å². The molecule has 0 saturated carbocycles. The zero-order valence-corrected chi connectivity index (χ0v) is 18.8. The van der Waals surface area contributed by atoms with Crippen molar-refractivity contribution in [3.8, 4) is 34.3 Å². The van der Waals surface area contributed by atoms with Gasteiger partial charge >= 0.3 is 5.97 Å². The molecule has 0 atom stereocenters. The van der Waals surface area contributed by atoms with Crippen molar-refractivity contribution in [2.45, 2.75) is 0 Å². The standard InChI is InChI=1S/C22H22N2O7S/c1-27-16-9-8-13(10-18(16)29-3)15-12-32-22(23-15)24-19(25)11-31-21(26)14-6-5-7-17(28-2)20(14)30-4/h5-10,12H,11H2,1-4H3,(H,23,24,25). The average Bonchev–Trinajstić information content (AvgIpc) is 3.29. The second-order valence-corrected chi connectivity index (χ2v) is 7.13. The van der Waals surface area contributed by atoms with E-state index in [0.717, 1.165) is 5.56 Å². The van der Waals surface area contributed by atoms with E-state index in [1.165, 1.54) is 31.6 Å². The first-order valence-corrected chi connectivity index (χ1v) is 10.2. The van der Waals surface area contributed by atoms with Gasteiger partial charge in [0.25, 0.3) is 5.91 Å². The molecule has 0 aliphatic carbocycles. The lowest BCUT2D eigenvalue weighted by atomic mass is 10.1. The molecular weight excluding hydrogens is 436 g/mol. The summed E-state index contributed by atoms with van der Waals surface area (Å²) in [6, 6.07) is 10.2. The lowest BCUT2D eigenvalue weighted by Gasteiger charge is -2.11. The molecule has 0 spiro atoms. The van der Waals surface area contributed by atoms with Crippen LogP contribution in [0, 0.1) is 0 Å². The number of para-hydroxylation sites is 1. The van der Waals surface area contributed by atoms with Crippen molar-refractivity contribution in [2.24, 2.45) is 0 Å². The quantitative estimate of drug-likeness (QED) is 0.485. The van der Waals surface area contributed by atoms with Crippen molar-refractivity contribution in [3.05, 3.63) is 47.3 Å². The number of benzene rings is 2. The Balaban J connectivity index is 1.62. The molecule has 32 heavy (non-hydrogen) atoms. The number of hydrogen-bond donors (Lipinski definition) is 1. The number of nitrogens with zero attached hydrogens (tertiary/aromatic N) is 1. The normalized spacial score (nSPS) is 10.2. The summed E-state index contributed by atoms with van der Waals surface area (Å²) in [5, 5.41) is 4.79. The van der Waals surface area contributed by atoms with Gasteiger partial charge in [-0.05, 0) is 30.3 Å². The van der Waals surface area contributed by atoms with Crippen molar-refractivity contribution in [1.29, 1.82) is 0 Å². The average molecular weight is 458 g/mol. The molecule has 0 aliphatic heterocycles. The van der Waals surface area contributed by atoms with E-state index in [4.69, 9.17) is 23.7 Å². The number of amides is 1. The van der Waals surface area contributed by atoms with Crippen molar-refractivity contribution < 1.29 is 33.3 Å². The van der Waals surface area contributed by atoms with E-state index in [1.54, 1.807) is 43.9 Å². The first kappa shape index (κ1) is 22.9. The Morgan fingerprint density at radius 2 is 1.69 bits per heavy atom. The summed E-state index contributed by atoms with van der Waals surface area (Å²) in [6.07, 6.45) is 0. The van der Waals surface area contributed by atoms with Crippen LogP contribution in [0.15, 0.2) is 41.8 Å². The van der Waals surface area contributed by atoms with Crippen LogP contribution in [-0.4, -0.2) is 51.9 Å². The third kappa shape index (κ3) is 5.09. The maximum absolute atomic E-state index is 12.4. The van der Waals surface area contributed by atoms with E-state index < -0.39 is 18.5 Å². The lowest BCUT2D eigenvalue weighted by Crippen LogP contribution is -2.21. The van der Waals surface area contributed by atoms with E-state index in [9.17, 15) is 9.59 Å². The number of anilines is 1. The van der Waals surface area contributed by atoms with Crippen LogP contribution in [0.1, 0.15) is 10.4 Å². The highest BCUT2D eigenvalue weighted by atomic mass is 32.1. The highest BCUT2D eigenvalue weighted by Crippen LogP contribution is 2.34. The SMILES string of the molecule is COc1ccc(-c2csc(NC(=O)COC(=O)c3cccc(OC)c3OC)n2)cc1OC. The summed E-state index contributed by atoms with van der Waals surface area (Å²) in [5.74, 6) is 0.573. The molecular formula is C22H22N2O7S. The van der Waals surface area contributed by atoms with Gasteiger partial charge in [0.05, 0.1) is 34.1 Å². The Labute approximate surface area is 188 Å². The fourth-order valence-electron chi connectivity index (χ4n) is 2.87. The molecule has 168 valence electrons. The topological polar surface area (TPSA) is 105 Å². The number of rotatable bonds is 9. The molecule has 0 radical (unpaired) electrons. The Bertz CT molecular complexity index is 1110. The molecule has 0 unspecified atom stereocenters. The number of methoxy groups -OCH3 is 4. The van der Waals surface area contributed by atoms with Crippen molar-refractivity contribution in [1.82, 2.24) is 4.98 Å². The number of carbonyl (C=O) groups excluding carboxylic acids is 2. The van der Waals surface area contributed by atoms with Crippen molar-refractivity contribution in [3.63, 3.8) is 0 Å². The number of thiazole rings is 1. The predicted octanol–water partition coefficient (Wildman–Crippen LogP) is 3.64. The molecule has 1 heterocycles. The molecule has 10 heteroatoms. The molecule has 0 bridgehead atoms. The zero-order chi connectivity index (χ0) is 23.1. The Hall–Kier alpha value is -3.79. The summed E-state index contributed by atoms with van der Waals surface area (Å²) in [4.78, 5) is 29.0. The van der Waals surface area contributed by atoms with E-state index >= 15 is 0 Å². The van der Waals surface area contributed by atoms with Crippen LogP contribution in [0.25, 0.3) is 11.3 Å². The van der Waals surface area contributed by atoms with E-state index in [2.05, 4.69) is 10.3 Å². The summed E-state index contributed by atoms with van der Waals surface area (Å²) >= 11 is 1.25. The summed E-state index contributed by atoms with van der Waals surface area (Å²) in [7, 11) is 5.99. The number of carbonyl (C=O) groups is 2. The van der Waals surface area contributed by atoms with E-state index in [0.29, 0.717) is 28.1 Å². The van der Waals surface area contributed by atoms with Crippen molar-refractivity contribution in [2.75, 3.05) is 40.4 Å². The Morgan fingerprint density at radius 3 is 2.38 bits per heavy atom. The smallest absolute Gasteiger partial charge is 0.342 e. The maximum Gasteiger partial charge on any atom is 0.342 e. The minimum absolute atomic E-state index is 0.157. The number of esters is 1. The van der Waals surface area contributed by atoms with Crippen LogP contribution in [0.5, 0.6) is 23.0 Å². The third-order valence-corrected chi connectivity index (χ3v) is 5.14. The lowest BCUT2D eigenvalue weighted by molar-refractivity contribution is -0.119. The molecule has 0 fully saturated rings. The first-order chi connectivity index (χ1) is 15.5. The number of ether oxygens (including phenoxy) is 5. The number of hydrogen-bond acceptors (Lipinski definition) is 9. The molecule has 0 aliphatic rings. The van der Waals surface area contributed by atoms with Crippen LogP contribution in [0.2, 0.25) is 0 Å². The predicted molar refractivity (Wildman–Crippen MR) is 119 cm³/mol. The van der Waals surface area contributed by atoms with Gasteiger partial charge in [-0.2, -0.15) is 0 Å². The van der Waals surface area contributed by atoms with Gasteiger partial charge < -0.3 is 23.7 Å². The highest BCUT2D eigenvalue weighted by molar-refractivity contribution is 7.14. The van der Waals surface area contributed by atoms with Gasteiger partial charge in [-0.1, -0.05) is 6.07 Å². The minimum atomic E-state index is -0.707. The third-order valence-electron chi connectivity index (χ3n) is 4.39. The van der Waals surface area contributed by atoms with Gasteiger partial charge in [0.15, 0.2) is 34.7 Å². The second-order valence-electron chi connectivity index (χ2n) is 6.27. The molecule has 9 nitrogen and oxygen atoms in total. The molecule has 1 amide bonds. The van der Waals surface area contributed by atoms with Crippen LogP contribution in [-0.2, 0) is 9.53 Å². The van der Waals surface area contributed by atoms with E-state index in [-0.39, 0.29) is 11.3 Å². The Morgan fingerprint density at radius 1 is 0.938 bits per heavy atom. The highest BCUT2D eigenvalue weighted by Gasteiger charge is 2.19. The second kappa shape index (κ2) is 10.5. The van der Waals surface area contributed by atoms with Gasteiger partial charge in [0, 0.05) is 10.9 Å². The molecule has 0 saturated heterocycles. The Kier molecular flexibility index (Phi) is 7.50. The fraction of sp³-hybridized carbons (Fsp3) is 0.227. The molecule has 1 N–H and O–H groups in total.